The Bertz CT molecular complexity index is 758. The van der Waals surface area contributed by atoms with Crippen LogP contribution in [0.3, 0.4) is 0 Å². The first kappa shape index (κ1) is 19.8. The molecule has 0 aliphatic heterocycles. The Morgan fingerprint density at radius 2 is 2.00 bits per heavy atom. The Morgan fingerprint density at radius 1 is 1.28 bits per heavy atom. The van der Waals surface area contributed by atoms with Crippen LogP contribution in [0.1, 0.15) is 30.8 Å². The second-order valence-electron chi connectivity index (χ2n) is 6.10. The quantitative estimate of drug-likeness (QED) is 0.770. The smallest absolute Gasteiger partial charge is 0.224 e. The Balaban J connectivity index is 2.13. The lowest BCUT2D eigenvalue weighted by Gasteiger charge is -2.13. The number of benzene rings is 1. The lowest BCUT2D eigenvalue weighted by molar-refractivity contribution is -0.120. The van der Waals surface area contributed by atoms with E-state index in [1.54, 1.807) is 16.8 Å². The minimum atomic E-state index is -0.00959. The van der Waals surface area contributed by atoms with E-state index in [2.05, 4.69) is 15.7 Å². The predicted molar refractivity (Wildman–Crippen MR) is 103 cm³/mol. The summed E-state index contributed by atoms with van der Waals surface area (Å²) < 4.78 is 1.79. The van der Waals surface area contributed by atoms with E-state index < -0.39 is 0 Å². The van der Waals surface area contributed by atoms with Gasteiger partial charge in [0.15, 0.2) is 0 Å². The number of amides is 1. The molecule has 0 unspecified atom stereocenters. The average Bonchev–Trinajstić information content (AvgIpc) is 2.84. The molecule has 0 fully saturated rings. The van der Waals surface area contributed by atoms with E-state index in [9.17, 15) is 4.79 Å². The van der Waals surface area contributed by atoms with E-state index in [0.29, 0.717) is 23.0 Å². The number of likely N-dealkylation sites (N-methyl/N-ethyl adjacent to an activating group) is 1. The first-order chi connectivity index (χ1) is 11.8. The maximum atomic E-state index is 12.3. The summed E-state index contributed by atoms with van der Waals surface area (Å²) in [4.78, 5) is 12.3. The van der Waals surface area contributed by atoms with Crippen LogP contribution < -0.4 is 10.6 Å². The Hall–Kier alpha value is -1.56. The molecule has 1 heterocycles. The zero-order chi connectivity index (χ0) is 18.6. The topological polar surface area (TPSA) is 58.9 Å². The molecule has 0 saturated carbocycles. The lowest BCUT2D eigenvalue weighted by atomic mass is 10.1. The summed E-state index contributed by atoms with van der Waals surface area (Å²) in [5.41, 5.74) is 3.51. The summed E-state index contributed by atoms with van der Waals surface area (Å²) in [6.07, 6.45) is 0.303. The fourth-order valence-corrected chi connectivity index (χ4v) is 3.00. The van der Waals surface area contributed by atoms with Gasteiger partial charge in [-0.1, -0.05) is 30.1 Å². The molecule has 1 aromatic heterocycles. The van der Waals surface area contributed by atoms with Crippen LogP contribution in [0.2, 0.25) is 10.0 Å². The van der Waals surface area contributed by atoms with Crippen molar-refractivity contribution >= 4 is 29.1 Å². The predicted octanol–water partition coefficient (Wildman–Crippen LogP) is 3.45. The minimum Gasteiger partial charge on any atom is -0.354 e. The van der Waals surface area contributed by atoms with Gasteiger partial charge < -0.3 is 10.6 Å². The molecule has 0 spiro atoms. The zero-order valence-electron chi connectivity index (χ0n) is 15.0. The van der Waals surface area contributed by atoms with Gasteiger partial charge in [-0.05, 0) is 45.5 Å². The van der Waals surface area contributed by atoms with Crippen LogP contribution >= 0.6 is 23.2 Å². The molecule has 2 rings (SSSR count). The fraction of sp³-hybridized carbons (Fsp3) is 0.444. The number of hydrogen-bond donors (Lipinski definition) is 2. The highest BCUT2D eigenvalue weighted by Crippen LogP contribution is 2.26. The third kappa shape index (κ3) is 4.97. The molecular weight excluding hydrogens is 359 g/mol. The van der Waals surface area contributed by atoms with Crippen molar-refractivity contribution in [3.8, 4) is 5.69 Å². The van der Waals surface area contributed by atoms with E-state index in [4.69, 9.17) is 23.2 Å². The van der Waals surface area contributed by atoms with Crippen molar-refractivity contribution in [3.63, 3.8) is 0 Å². The van der Waals surface area contributed by atoms with Crippen molar-refractivity contribution in [1.29, 1.82) is 0 Å². The molecule has 5 nitrogen and oxygen atoms in total. The van der Waals surface area contributed by atoms with Gasteiger partial charge in [0.25, 0.3) is 0 Å². The molecule has 1 amide bonds. The first-order valence-electron chi connectivity index (χ1n) is 8.34. The highest BCUT2D eigenvalue weighted by Gasteiger charge is 2.16. The van der Waals surface area contributed by atoms with Gasteiger partial charge in [0.1, 0.15) is 0 Å². The minimum absolute atomic E-state index is 0.00959. The number of hydrogen-bond acceptors (Lipinski definition) is 3. The Labute approximate surface area is 158 Å². The van der Waals surface area contributed by atoms with E-state index in [1.807, 2.05) is 33.8 Å². The normalized spacial score (nSPS) is 12.2. The molecule has 0 saturated heterocycles. The van der Waals surface area contributed by atoms with Crippen molar-refractivity contribution < 1.29 is 4.79 Å². The van der Waals surface area contributed by atoms with Gasteiger partial charge in [-0.15, -0.1) is 0 Å². The highest BCUT2D eigenvalue weighted by atomic mass is 35.5. The van der Waals surface area contributed by atoms with Gasteiger partial charge in [-0.2, -0.15) is 5.10 Å². The van der Waals surface area contributed by atoms with Gasteiger partial charge in [-0.3, -0.25) is 4.79 Å². The molecule has 0 aliphatic rings. The molecule has 136 valence electrons. The van der Waals surface area contributed by atoms with Gasteiger partial charge in [-0.25, -0.2) is 4.68 Å². The summed E-state index contributed by atoms with van der Waals surface area (Å²) >= 11 is 12.1. The second kappa shape index (κ2) is 8.70. The summed E-state index contributed by atoms with van der Waals surface area (Å²) in [5, 5.41) is 11.8. The maximum absolute atomic E-state index is 12.3. The van der Waals surface area contributed by atoms with Crippen molar-refractivity contribution in [2.24, 2.45) is 0 Å². The fourth-order valence-electron chi connectivity index (χ4n) is 2.71. The van der Waals surface area contributed by atoms with Gasteiger partial charge in [0.05, 0.1) is 27.8 Å². The highest BCUT2D eigenvalue weighted by molar-refractivity contribution is 6.42. The van der Waals surface area contributed by atoms with Crippen molar-refractivity contribution in [1.82, 2.24) is 20.4 Å². The second-order valence-corrected chi connectivity index (χ2v) is 6.91. The number of carbonyl (C=O) groups excluding carboxylic acids is 1. The van der Waals surface area contributed by atoms with Crippen LogP contribution in [0, 0.1) is 13.8 Å². The number of nitrogens with one attached hydrogen (secondary N) is 2. The number of rotatable bonds is 7. The van der Waals surface area contributed by atoms with Crippen molar-refractivity contribution in [3.05, 3.63) is 45.2 Å². The largest absolute Gasteiger partial charge is 0.354 e. The maximum Gasteiger partial charge on any atom is 0.224 e. The standard InChI is InChI=1S/C18H24Cl2N4O/c1-5-21-11(2)10-22-18(25)9-15-12(3)23-24(13(15)4)14-6-7-16(19)17(20)8-14/h6-8,11,21H,5,9-10H2,1-4H3,(H,22,25)/t11-/m1/s1. The molecule has 1 aromatic carbocycles. The molecular formula is C18H24Cl2N4O. The van der Waals surface area contributed by atoms with Crippen LogP contribution in [0.5, 0.6) is 0 Å². The number of nitrogens with zero attached hydrogens (tertiary/aromatic N) is 2. The molecule has 25 heavy (non-hydrogen) atoms. The van der Waals surface area contributed by atoms with E-state index in [-0.39, 0.29) is 11.9 Å². The molecule has 7 heteroatoms. The molecule has 0 radical (unpaired) electrons. The van der Waals surface area contributed by atoms with Crippen molar-refractivity contribution in [2.75, 3.05) is 13.1 Å². The molecule has 0 aliphatic carbocycles. The Kier molecular flexibility index (Phi) is 6.87. The average molecular weight is 383 g/mol. The van der Waals surface area contributed by atoms with Crippen LogP contribution in [0.15, 0.2) is 18.2 Å². The number of aromatic nitrogens is 2. The van der Waals surface area contributed by atoms with Crippen LogP contribution in [-0.2, 0) is 11.2 Å². The monoisotopic (exact) mass is 382 g/mol. The van der Waals surface area contributed by atoms with Gasteiger partial charge in [0, 0.05) is 23.8 Å². The summed E-state index contributed by atoms with van der Waals surface area (Å²) in [7, 11) is 0. The SMILES string of the molecule is CCN[C@H](C)CNC(=O)Cc1c(C)nn(-c2ccc(Cl)c(Cl)c2)c1C. The third-order valence-corrected chi connectivity index (χ3v) is 4.82. The van der Waals surface area contributed by atoms with E-state index >= 15 is 0 Å². The number of aryl methyl sites for hydroxylation is 1. The Morgan fingerprint density at radius 3 is 2.64 bits per heavy atom. The number of carbonyl (C=O) groups is 1. The van der Waals surface area contributed by atoms with E-state index in [1.165, 1.54) is 0 Å². The molecule has 0 bridgehead atoms. The zero-order valence-corrected chi connectivity index (χ0v) is 16.5. The van der Waals surface area contributed by atoms with Gasteiger partial charge in [0.2, 0.25) is 5.91 Å². The van der Waals surface area contributed by atoms with Crippen molar-refractivity contribution in [2.45, 2.75) is 40.2 Å². The lowest BCUT2D eigenvalue weighted by Crippen LogP contribution is -2.39. The van der Waals surface area contributed by atoms with E-state index in [0.717, 1.165) is 29.2 Å². The van der Waals surface area contributed by atoms with Crippen LogP contribution in [0.4, 0.5) is 0 Å². The summed E-state index contributed by atoms with van der Waals surface area (Å²) in [6, 6.07) is 5.61. The number of halogens is 2. The van der Waals surface area contributed by atoms with Crippen LogP contribution in [0.25, 0.3) is 5.69 Å². The molecule has 2 N–H and O–H groups in total. The summed E-state index contributed by atoms with van der Waals surface area (Å²) in [5.74, 6) is -0.00959. The first-order valence-corrected chi connectivity index (χ1v) is 9.09. The molecule has 2 aromatic rings. The van der Waals surface area contributed by atoms with Crippen LogP contribution in [-0.4, -0.2) is 34.8 Å². The van der Waals surface area contributed by atoms with Gasteiger partial charge >= 0.3 is 0 Å². The summed E-state index contributed by atoms with van der Waals surface area (Å²) in [6.45, 7) is 9.43. The third-order valence-electron chi connectivity index (χ3n) is 4.08. The molecule has 1 atom stereocenters.